The van der Waals surface area contributed by atoms with Crippen LogP contribution in [0.5, 0.6) is 0 Å². The smallest absolute Gasteiger partial charge is 0.241 e. The van der Waals surface area contributed by atoms with Gasteiger partial charge in [-0.15, -0.1) is 12.4 Å². The number of aliphatic hydroxyl groups is 1. The first-order valence-corrected chi connectivity index (χ1v) is 8.02. The van der Waals surface area contributed by atoms with Gasteiger partial charge in [0.25, 0.3) is 0 Å². The second-order valence-corrected chi connectivity index (χ2v) is 6.33. The van der Waals surface area contributed by atoms with Crippen molar-refractivity contribution < 1.29 is 14.6 Å². The Kier molecular flexibility index (Phi) is 6.41. The molecule has 0 bridgehead atoms. The van der Waals surface area contributed by atoms with Gasteiger partial charge < -0.3 is 20.5 Å². The normalized spacial score (nSPS) is 26.2. The van der Waals surface area contributed by atoms with E-state index in [0.29, 0.717) is 26.2 Å². The van der Waals surface area contributed by atoms with Crippen LogP contribution in [0.2, 0.25) is 0 Å². The van der Waals surface area contributed by atoms with E-state index in [1.807, 2.05) is 18.2 Å². The lowest BCUT2D eigenvalue weighted by atomic mass is 9.83. The summed E-state index contributed by atoms with van der Waals surface area (Å²) in [4.78, 5) is 12.6. The van der Waals surface area contributed by atoms with Crippen molar-refractivity contribution in [3.8, 4) is 0 Å². The lowest BCUT2D eigenvalue weighted by Gasteiger charge is -2.30. The Morgan fingerprint density at radius 2 is 2.26 bits per heavy atom. The number of rotatable bonds is 5. The maximum Gasteiger partial charge on any atom is 0.241 e. The first kappa shape index (κ1) is 18.2. The van der Waals surface area contributed by atoms with Crippen LogP contribution in [0.3, 0.4) is 0 Å². The maximum absolute atomic E-state index is 12.6. The second-order valence-electron chi connectivity index (χ2n) is 6.33. The summed E-state index contributed by atoms with van der Waals surface area (Å²) < 4.78 is 5.47. The van der Waals surface area contributed by atoms with Gasteiger partial charge in [0, 0.05) is 31.7 Å². The van der Waals surface area contributed by atoms with Crippen molar-refractivity contribution in [1.82, 2.24) is 10.6 Å². The molecule has 2 unspecified atom stereocenters. The largest absolute Gasteiger partial charge is 0.396 e. The zero-order chi connectivity index (χ0) is 15.4. The molecule has 2 atom stereocenters. The number of benzene rings is 1. The van der Waals surface area contributed by atoms with Gasteiger partial charge >= 0.3 is 0 Å². The molecular weight excluding hydrogens is 316 g/mol. The molecular formula is C17H25ClN2O3. The zero-order valence-electron chi connectivity index (χ0n) is 13.2. The molecule has 0 aromatic heterocycles. The molecule has 2 heterocycles. The fraction of sp³-hybridized carbons (Fsp3) is 0.588. The molecule has 2 aliphatic heterocycles. The van der Waals surface area contributed by atoms with Crippen molar-refractivity contribution in [2.75, 3.05) is 32.9 Å². The lowest BCUT2D eigenvalue weighted by Crippen LogP contribution is -2.45. The monoisotopic (exact) mass is 340 g/mol. The molecule has 5 nitrogen and oxygen atoms in total. The van der Waals surface area contributed by atoms with E-state index < -0.39 is 0 Å². The molecule has 2 aliphatic rings. The van der Waals surface area contributed by atoms with Crippen molar-refractivity contribution in [3.05, 3.63) is 35.4 Å². The van der Waals surface area contributed by atoms with E-state index in [2.05, 4.69) is 16.7 Å². The molecule has 0 spiro atoms. The number of ether oxygens (including phenoxy) is 1. The molecule has 1 aromatic rings. The number of amides is 1. The first-order chi connectivity index (χ1) is 10.7. The Labute approximate surface area is 143 Å². The second kappa shape index (κ2) is 8.11. The van der Waals surface area contributed by atoms with E-state index >= 15 is 0 Å². The van der Waals surface area contributed by atoms with E-state index in [1.165, 1.54) is 5.56 Å². The Bertz CT molecular complexity index is 532. The molecule has 128 valence electrons. The summed E-state index contributed by atoms with van der Waals surface area (Å²) in [6.45, 7) is 2.83. The summed E-state index contributed by atoms with van der Waals surface area (Å²) in [5.41, 5.74) is 2.21. The third-order valence-corrected chi connectivity index (χ3v) is 4.84. The SMILES string of the molecule is Cl.O=C(NCC1(CCO)CCOC1)C1NCCc2ccccc21. The van der Waals surface area contributed by atoms with Gasteiger partial charge in [-0.1, -0.05) is 24.3 Å². The third kappa shape index (κ3) is 4.04. The number of carbonyl (C=O) groups excluding carboxylic acids is 1. The Morgan fingerprint density at radius 1 is 1.43 bits per heavy atom. The summed E-state index contributed by atoms with van der Waals surface area (Å²) in [5, 5.41) is 15.6. The molecule has 1 saturated heterocycles. The number of aliphatic hydroxyl groups excluding tert-OH is 1. The number of fused-ring (bicyclic) bond motifs is 1. The van der Waals surface area contributed by atoms with Crippen LogP contribution in [0.15, 0.2) is 24.3 Å². The van der Waals surface area contributed by atoms with Crippen molar-refractivity contribution in [1.29, 1.82) is 0 Å². The minimum atomic E-state index is -0.279. The van der Waals surface area contributed by atoms with Crippen LogP contribution in [0.4, 0.5) is 0 Å². The molecule has 1 aromatic carbocycles. The van der Waals surface area contributed by atoms with Gasteiger partial charge in [-0.3, -0.25) is 4.79 Å². The number of halogens is 1. The molecule has 0 aliphatic carbocycles. The standard InChI is InChI=1S/C17H24N2O3.ClH/c20-9-6-17(7-10-22-12-17)11-19-16(21)15-14-4-2-1-3-13(14)5-8-18-15;/h1-4,15,18,20H,5-12H2,(H,19,21);1H. The summed E-state index contributed by atoms with van der Waals surface area (Å²) >= 11 is 0. The van der Waals surface area contributed by atoms with Gasteiger partial charge in [0.1, 0.15) is 6.04 Å². The average molecular weight is 341 g/mol. The van der Waals surface area contributed by atoms with Gasteiger partial charge in [0.05, 0.1) is 6.61 Å². The molecule has 23 heavy (non-hydrogen) atoms. The van der Waals surface area contributed by atoms with Crippen LogP contribution in [-0.2, 0) is 16.0 Å². The topological polar surface area (TPSA) is 70.6 Å². The fourth-order valence-electron chi connectivity index (χ4n) is 3.43. The molecule has 6 heteroatoms. The summed E-state index contributed by atoms with van der Waals surface area (Å²) in [5.74, 6) is 0.0105. The van der Waals surface area contributed by atoms with Crippen molar-refractivity contribution >= 4 is 18.3 Å². The van der Waals surface area contributed by atoms with E-state index in [9.17, 15) is 9.90 Å². The fourth-order valence-corrected chi connectivity index (χ4v) is 3.43. The highest BCUT2D eigenvalue weighted by molar-refractivity contribution is 5.85. The van der Waals surface area contributed by atoms with Crippen LogP contribution in [0.25, 0.3) is 0 Å². The number of carbonyl (C=O) groups is 1. The highest BCUT2D eigenvalue weighted by Crippen LogP contribution is 2.31. The highest BCUT2D eigenvalue weighted by atomic mass is 35.5. The van der Waals surface area contributed by atoms with Gasteiger partial charge in [0.2, 0.25) is 5.91 Å². The summed E-state index contributed by atoms with van der Waals surface area (Å²) in [6, 6.07) is 7.83. The van der Waals surface area contributed by atoms with Crippen molar-refractivity contribution in [2.24, 2.45) is 5.41 Å². The van der Waals surface area contributed by atoms with Crippen molar-refractivity contribution in [3.63, 3.8) is 0 Å². The predicted molar refractivity (Wildman–Crippen MR) is 90.7 cm³/mol. The van der Waals surface area contributed by atoms with Gasteiger partial charge in [0.15, 0.2) is 0 Å². The van der Waals surface area contributed by atoms with E-state index in [-0.39, 0.29) is 36.4 Å². The number of nitrogens with one attached hydrogen (secondary N) is 2. The van der Waals surface area contributed by atoms with Gasteiger partial charge in [-0.25, -0.2) is 0 Å². The molecule has 0 saturated carbocycles. The number of hydrogen-bond donors (Lipinski definition) is 3. The van der Waals surface area contributed by atoms with Gasteiger partial charge in [-0.2, -0.15) is 0 Å². The van der Waals surface area contributed by atoms with Crippen LogP contribution in [0.1, 0.15) is 30.0 Å². The molecule has 3 rings (SSSR count). The summed E-state index contributed by atoms with van der Waals surface area (Å²) in [6.07, 6.45) is 2.52. The Balaban J connectivity index is 0.00000192. The zero-order valence-corrected chi connectivity index (χ0v) is 14.0. The number of hydrogen-bond acceptors (Lipinski definition) is 4. The quantitative estimate of drug-likeness (QED) is 0.753. The summed E-state index contributed by atoms with van der Waals surface area (Å²) in [7, 11) is 0. The Morgan fingerprint density at radius 3 is 3.00 bits per heavy atom. The van der Waals surface area contributed by atoms with Crippen LogP contribution < -0.4 is 10.6 Å². The minimum Gasteiger partial charge on any atom is -0.396 e. The predicted octanol–water partition coefficient (Wildman–Crippen LogP) is 1.20. The van der Waals surface area contributed by atoms with Crippen LogP contribution >= 0.6 is 12.4 Å². The van der Waals surface area contributed by atoms with Crippen molar-refractivity contribution in [2.45, 2.75) is 25.3 Å². The highest BCUT2D eigenvalue weighted by Gasteiger charge is 2.36. The first-order valence-electron chi connectivity index (χ1n) is 8.02. The molecule has 3 N–H and O–H groups in total. The van der Waals surface area contributed by atoms with Crippen LogP contribution in [-0.4, -0.2) is 43.9 Å². The maximum atomic E-state index is 12.6. The molecule has 1 fully saturated rings. The lowest BCUT2D eigenvalue weighted by molar-refractivity contribution is -0.124. The van der Waals surface area contributed by atoms with Crippen LogP contribution in [0, 0.1) is 5.41 Å². The van der Waals surface area contributed by atoms with E-state index in [0.717, 1.165) is 24.9 Å². The third-order valence-electron chi connectivity index (χ3n) is 4.84. The van der Waals surface area contributed by atoms with E-state index in [4.69, 9.17) is 4.74 Å². The molecule has 1 amide bonds. The Hall–Kier alpha value is -1.14. The minimum absolute atomic E-state index is 0. The van der Waals surface area contributed by atoms with E-state index in [1.54, 1.807) is 0 Å². The average Bonchev–Trinajstić information content (AvgIpc) is 3.01. The van der Waals surface area contributed by atoms with Gasteiger partial charge in [-0.05, 0) is 30.4 Å². The molecule has 0 radical (unpaired) electrons.